The van der Waals surface area contributed by atoms with Crippen LogP contribution in [0.5, 0.6) is 0 Å². The first-order valence-electron chi connectivity index (χ1n) is 7.50. The summed E-state index contributed by atoms with van der Waals surface area (Å²) in [4.78, 5) is 4.33. The first-order chi connectivity index (χ1) is 9.79. The second-order valence-corrected chi connectivity index (χ2v) is 5.70. The van der Waals surface area contributed by atoms with Crippen molar-refractivity contribution in [1.82, 2.24) is 10.3 Å². The van der Waals surface area contributed by atoms with Crippen LogP contribution in [0.1, 0.15) is 35.2 Å². The molecule has 1 aromatic heterocycles. The van der Waals surface area contributed by atoms with Crippen molar-refractivity contribution < 1.29 is 0 Å². The van der Waals surface area contributed by atoms with Crippen LogP contribution in [0.2, 0.25) is 0 Å². The van der Waals surface area contributed by atoms with E-state index >= 15 is 0 Å². The fourth-order valence-corrected chi connectivity index (χ4v) is 3.38. The molecule has 0 bridgehead atoms. The summed E-state index contributed by atoms with van der Waals surface area (Å²) in [5.74, 6) is 0.634. The summed E-state index contributed by atoms with van der Waals surface area (Å²) in [6.45, 7) is 5.36. The van der Waals surface area contributed by atoms with E-state index in [1.54, 1.807) is 0 Å². The first-order valence-corrected chi connectivity index (χ1v) is 7.50. The molecule has 104 valence electrons. The zero-order valence-corrected chi connectivity index (χ0v) is 12.3. The van der Waals surface area contributed by atoms with Crippen molar-refractivity contribution in [1.29, 1.82) is 0 Å². The Morgan fingerprint density at radius 3 is 2.50 bits per heavy atom. The van der Waals surface area contributed by atoms with Gasteiger partial charge in [0.1, 0.15) is 0 Å². The smallest absolute Gasteiger partial charge is 0.0372 e. The van der Waals surface area contributed by atoms with Gasteiger partial charge in [0.05, 0.1) is 0 Å². The van der Waals surface area contributed by atoms with Crippen LogP contribution in [-0.2, 0) is 12.8 Å². The lowest BCUT2D eigenvalue weighted by atomic mass is 9.89. The SMILES string of the molecule is CCNC(c1cnccc1C)C1Cc2ccccc2C1. The van der Waals surface area contributed by atoms with Gasteiger partial charge in [-0.15, -0.1) is 0 Å². The lowest BCUT2D eigenvalue weighted by molar-refractivity contribution is 0.378. The number of rotatable bonds is 4. The van der Waals surface area contributed by atoms with Crippen molar-refractivity contribution in [2.45, 2.75) is 32.7 Å². The molecular formula is C18H22N2. The highest BCUT2D eigenvalue weighted by Crippen LogP contribution is 2.35. The van der Waals surface area contributed by atoms with E-state index in [1.165, 1.54) is 35.1 Å². The van der Waals surface area contributed by atoms with Gasteiger partial charge in [0.2, 0.25) is 0 Å². The van der Waals surface area contributed by atoms with Gasteiger partial charge < -0.3 is 5.32 Å². The van der Waals surface area contributed by atoms with Gasteiger partial charge >= 0.3 is 0 Å². The molecular weight excluding hydrogens is 244 g/mol. The standard InChI is InChI=1S/C18H22N2/c1-3-20-18(17-12-19-9-8-13(17)2)16-10-14-6-4-5-7-15(14)11-16/h4-9,12,16,18,20H,3,10-11H2,1-2H3. The number of hydrogen-bond donors (Lipinski definition) is 1. The normalized spacial score (nSPS) is 16.1. The maximum absolute atomic E-state index is 4.33. The molecule has 0 saturated heterocycles. The summed E-state index contributed by atoms with van der Waals surface area (Å²) in [6.07, 6.45) is 6.25. The minimum Gasteiger partial charge on any atom is -0.310 e. The highest BCUT2D eigenvalue weighted by Gasteiger charge is 2.29. The van der Waals surface area contributed by atoms with Crippen LogP contribution in [0.25, 0.3) is 0 Å². The molecule has 1 aliphatic carbocycles. The van der Waals surface area contributed by atoms with E-state index in [0.29, 0.717) is 12.0 Å². The molecule has 0 amide bonds. The second-order valence-electron chi connectivity index (χ2n) is 5.70. The van der Waals surface area contributed by atoms with Crippen molar-refractivity contribution in [2.24, 2.45) is 5.92 Å². The summed E-state index contributed by atoms with van der Waals surface area (Å²) >= 11 is 0. The Balaban J connectivity index is 1.88. The third kappa shape index (κ3) is 2.48. The largest absolute Gasteiger partial charge is 0.310 e. The van der Waals surface area contributed by atoms with Gasteiger partial charge in [-0.1, -0.05) is 31.2 Å². The maximum atomic E-state index is 4.33. The Morgan fingerprint density at radius 1 is 1.20 bits per heavy atom. The van der Waals surface area contributed by atoms with Gasteiger partial charge in [-0.2, -0.15) is 0 Å². The number of aryl methyl sites for hydroxylation is 1. The van der Waals surface area contributed by atoms with Crippen molar-refractivity contribution in [2.75, 3.05) is 6.54 Å². The summed E-state index contributed by atoms with van der Waals surface area (Å²) < 4.78 is 0. The molecule has 1 aromatic carbocycles. The van der Waals surface area contributed by atoms with Crippen molar-refractivity contribution in [3.05, 3.63) is 65.0 Å². The first kappa shape index (κ1) is 13.3. The Bertz CT molecular complexity index is 566. The van der Waals surface area contributed by atoms with E-state index in [1.807, 2.05) is 12.4 Å². The summed E-state index contributed by atoms with van der Waals surface area (Å²) in [6, 6.07) is 11.4. The predicted octanol–water partition coefficient (Wildman–Crippen LogP) is 3.46. The van der Waals surface area contributed by atoms with Crippen LogP contribution >= 0.6 is 0 Å². The quantitative estimate of drug-likeness (QED) is 0.916. The van der Waals surface area contributed by atoms with Crippen LogP contribution in [0.3, 0.4) is 0 Å². The number of aromatic nitrogens is 1. The van der Waals surface area contributed by atoms with E-state index < -0.39 is 0 Å². The minimum atomic E-state index is 0.404. The molecule has 1 atom stereocenters. The third-order valence-corrected chi connectivity index (χ3v) is 4.39. The fourth-order valence-electron chi connectivity index (χ4n) is 3.38. The molecule has 2 heteroatoms. The molecule has 20 heavy (non-hydrogen) atoms. The lowest BCUT2D eigenvalue weighted by Crippen LogP contribution is -2.29. The molecule has 1 aliphatic rings. The van der Waals surface area contributed by atoms with Gasteiger partial charge in [-0.25, -0.2) is 0 Å². The molecule has 0 fully saturated rings. The Hall–Kier alpha value is -1.67. The van der Waals surface area contributed by atoms with E-state index in [0.717, 1.165) is 6.54 Å². The van der Waals surface area contributed by atoms with Gasteiger partial charge in [0.25, 0.3) is 0 Å². The van der Waals surface area contributed by atoms with Crippen LogP contribution < -0.4 is 5.32 Å². The van der Waals surface area contributed by atoms with Gasteiger partial charge in [0.15, 0.2) is 0 Å². The van der Waals surface area contributed by atoms with Crippen molar-refractivity contribution in [3.63, 3.8) is 0 Å². The number of fused-ring (bicyclic) bond motifs is 1. The molecule has 0 radical (unpaired) electrons. The lowest BCUT2D eigenvalue weighted by Gasteiger charge is -2.26. The summed E-state index contributed by atoms with van der Waals surface area (Å²) in [5, 5.41) is 3.68. The highest BCUT2D eigenvalue weighted by molar-refractivity contribution is 5.35. The average molecular weight is 266 g/mol. The molecule has 0 spiro atoms. The molecule has 3 rings (SSSR count). The van der Waals surface area contributed by atoms with Crippen LogP contribution in [-0.4, -0.2) is 11.5 Å². The predicted molar refractivity (Wildman–Crippen MR) is 82.7 cm³/mol. The Kier molecular flexibility index (Phi) is 3.83. The van der Waals surface area contributed by atoms with Gasteiger partial charge in [-0.05, 0) is 60.5 Å². The molecule has 2 aromatic rings. The molecule has 0 saturated carbocycles. The average Bonchev–Trinajstić information content (AvgIpc) is 2.89. The van der Waals surface area contributed by atoms with E-state index in [4.69, 9.17) is 0 Å². The summed E-state index contributed by atoms with van der Waals surface area (Å²) in [7, 11) is 0. The third-order valence-electron chi connectivity index (χ3n) is 4.39. The van der Waals surface area contributed by atoms with Crippen LogP contribution in [0.15, 0.2) is 42.7 Å². The number of nitrogens with zero attached hydrogens (tertiary/aromatic N) is 1. The molecule has 1 unspecified atom stereocenters. The monoisotopic (exact) mass is 266 g/mol. The number of benzene rings is 1. The van der Waals surface area contributed by atoms with Gasteiger partial charge in [-0.3, -0.25) is 4.98 Å². The van der Waals surface area contributed by atoms with E-state index in [2.05, 4.69) is 54.5 Å². The zero-order chi connectivity index (χ0) is 13.9. The maximum Gasteiger partial charge on any atom is 0.0372 e. The number of nitrogens with one attached hydrogen (secondary N) is 1. The molecule has 2 nitrogen and oxygen atoms in total. The van der Waals surface area contributed by atoms with Gasteiger partial charge in [0, 0.05) is 18.4 Å². The highest BCUT2D eigenvalue weighted by atomic mass is 14.9. The van der Waals surface area contributed by atoms with Crippen LogP contribution in [0, 0.1) is 12.8 Å². The molecule has 0 aliphatic heterocycles. The Labute approximate surface area is 121 Å². The minimum absolute atomic E-state index is 0.404. The fraction of sp³-hybridized carbons (Fsp3) is 0.389. The number of pyridine rings is 1. The number of hydrogen-bond acceptors (Lipinski definition) is 2. The van der Waals surface area contributed by atoms with Crippen LogP contribution in [0.4, 0.5) is 0 Å². The topological polar surface area (TPSA) is 24.9 Å². The summed E-state index contributed by atoms with van der Waals surface area (Å²) in [5.41, 5.74) is 5.72. The van der Waals surface area contributed by atoms with E-state index in [9.17, 15) is 0 Å². The second kappa shape index (κ2) is 5.76. The van der Waals surface area contributed by atoms with Crippen molar-refractivity contribution in [3.8, 4) is 0 Å². The van der Waals surface area contributed by atoms with Crippen molar-refractivity contribution >= 4 is 0 Å². The van der Waals surface area contributed by atoms with E-state index in [-0.39, 0.29) is 0 Å². The molecule has 1 heterocycles. The zero-order valence-electron chi connectivity index (χ0n) is 12.3. The Morgan fingerprint density at radius 2 is 1.90 bits per heavy atom. The molecule has 1 N–H and O–H groups in total.